The Hall–Kier alpha value is -1.07. The van der Waals surface area contributed by atoms with Crippen molar-refractivity contribution >= 4 is 10.0 Å². The third-order valence-electron chi connectivity index (χ3n) is 4.12. The first-order valence-corrected chi connectivity index (χ1v) is 9.67. The van der Waals surface area contributed by atoms with E-state index in [1.165, 1.54) is 0 Å². The lowest BCUT2D eigenvalue weighted by Gasteiger charge is -2.22. The van der Waals surface area contributed by atoms with E-state index in [4.69, 9.17) is 4.74 Å². The van der Waals surface area contributed by atoms with E-state index in [0.717, 1.165) is 31.2 Å². The van der Waals surface area contributed by atoms with Gasteiger partial charge in [-0.15, -0.1) is 0 Å². The molecule has 0 unspecified atom stereocenters. The minimum Gasteiger partial charge on any atom is -0.492 e. The molecule has 1 aromatic carbocycles. The Morgan fingerprint density at radius 1 is 1.14 bits per heavy atom. The summed E-state index contributed by atoms with van der Waals surface area (Å²) in [4.78, 5) is 0.322. The topological polar surface area (TPSA) is 46.6 Å². The fourth-order valence-electron chi connectivity index (χ4n) is 2.78. The van der Waals surface area contributed by atoms with Crippen LogP contribution < -0.4 is 4.74 Å². The van der Waals surface area contributed by atoms with Crippen LogP contribution in [0.2, 0.25) is 0 Å². The maximum atomic E-state index is 13.1. The van der Waals surface area contributed by atoms with Gasteiger partial charge < -0.3 is 4.74 Å². The second-order valence-electron chi connectivity index (χ2n) is 6.11. The summed E-state index contributed by atoms with van der Waals surface area (Å²) in [5, 5.41) is 0. The molecule has 0 amide bonds. The lowest BCUT2D eigenvalue weighted by Crippen LogP contribution is -2.32. The van der Waals surface area contributed by atoms with Crippen LogP contribution in [0.1, 0.15) is 57.9 Å². The normalized spacial score (nSPS) is 17.5. The predicted molar refractivity (Wildman–Crippen MR) is 88.9 cm³/mol. The van der Waals surface area contributed by atoms with Crippen LogP contribution in [-0.4, -0.2) is 32.4 Å². The van der Waals surface area contributed by atoms with E-state index in [9.17, 15) is 8.42 Å². The largest absolute Gasteiger partial charge is 0.492 e. The molecule has 1 fully saturated rings. The summed E-state index contributed by atoms with van der Waals surface area (Å²) in [6.45, 7) is 7.69. The van der Waals surface area contributed by atoms with Crippen LogP contribution in [0.3, 0.4) is 0 Å². The molecule has 0 atom stereocenters. The first kappa shape index (κ1) is 17.3. The lowest BCUT2D eigenvalue weighted by atomic mass is 10.0. The standard InChI is InChI=1S/C17H27NO3S/c1-4-21-16-10-9-15(14(2)3)13-17(16)22(19,20)18-11-7-5-6-8-12-18/h9-10,13-14H,4-8,11-12H2,1-3H3. The summed E-state index contributed by atoms with van der Waals surface area (Å²) in [5.74, 6) is 0.755. The average molecular weight is 325 g/mol. The third kappa shape index (κ3) is 3.82. The van der Waals surface area contributed by atoms with Gasteiger partial charge in [0, 0.05) is 13.1 Å². The molecule has 0 N–H and O–H groups in total. The highest BCUT2D eigenvalue weighted by atomic mass is 32.2. The second-order valence-corrected chi connectivity index (χ2v) is 8.02. The molecule has 0 saturated carbocycles. The molecule has 1 aromatic rings. The molecular weight excluding hydrogens is 298 g/mol. The molecule has 0 spiro atoms. The Balaban J connectivity index is 2.44. The number of sulfonamides is 1. The molecule has 1 aliphatic heterocycles. The van der Waals surface area contributed by atoms with Crippen LogP contribution in [0.25, 0.3) is 0 Å². The molecular formula is C17H27NO3S. The highest BCUT2D eigenvalue weighted by Gasteiger charge is 2.28. The van der Waals surface area contributed by atoms with Gasteiger partial charge in [-0.25, -0.2) is 8.42 Å². The molecule has 124 valence electrons. The first-order valence-electron chi connectivity index (χ1n) is 8.23. The minimum atomic E-state index is -3.49. The fourth-order valence-corrected chi connectivity index (χ4v) is 4.46. The van der Waals surface area contributed by atoms with Crippen molar-refractivity contribution in [3.63, 3.8) is 0 Å². The molecule has 0 radical (unpaired) electrons. The van der Waals surface area contributed by atoms with Crippen molar-refractivity contribution < 1.29 is 13.2 Å². The van der Waals surface area contributed by atoms with Gasteiger partial charge in [0.15, 0.2) is 0 Å². The number of ether oxygens (including phenoxy) is 1. The minimum absolute atomic E-state index is 0.286. The van der Waals surface area contributed by atoms with Gasteiger partial charge in [-0.2, -0.15) is 4.31 Å². The van der Waals surface area contributed by atoms with Crippen LogP contribution in [0, 0.1) is 0 Å². The Kier molecular flexibility index (Phi) is 5.87. The summed E-state index contributed by atoms with van der Waals surface area (Å²) in [6.07, 6.45) is 4.09. The summed E-state index contributed by atoms with van der Waals surface area (Å²) < 4.78 is 33.3. The monoisotopic (exact) mass is 325 g/mol. The van der Waals surface area contributed by atoms with Crippen LogP contribution in [0.4, 0.5) is 0 Å². The van der Waals surface area contributed by atoms with Crippen molar-refractivity contribution in [1.29, 1.82) is 0 Å². The number of hydrogen-bond acceptors (Lipinski definition) is 3. The lowest BCUT2D eigenvalue weighted by molar-refractivity contribution is 0.328. The van der Waals surface area contributed by atoms with Gasteiger partial charge in [-0.05, 0) is 43.4 Å². The van der Waals surface area contributed by atoms with Crippen molar-refractivity contribution in [2.45, 2.75) is 57.3 Å². The molecule has 1 aliphatic rings. The van der Waals surface area contributed by atoms with Crippen LogP contribution >= 0.6 is 0 Å². The quantitative estimate of drug-likeness (QED) is 0.828. The Labute approximate surface area is 134 Å². The zero-order valence-electron chi connectivity index (χ0n) is 13.8. The zero-order valence-corrected chi connectivity index (χ0v) is 14.7. The molecule has 5 heteroatoms. The molecule has 0 aromatic heterocycles. The summed E-state index contributed by atoms with van der Waals surface area (Å²) in [5.41, 5.74) is 1.02. The Morgan fingerprint density at radius 3 is 2.32 bits per heavy atom. The van der Waals surface area contributed by atoms with Crippen molar-refractivity contribution in [3.8, 4) is 5.75 Å². The second kappa shape index (κ2) is 7.47. The van der Waals surface area contributed by atoms with Gasteiger partial charge in [0.1, 0.15) is 10.6 Å². The van der Waals surface area contributed by atoms with E-state index >= 15 is 0 Å². The van der Waals surface area contributed by atoms with Gasteiger partial charge in [0.2, 0.25) is 10.0 Å². The van der Waals surface area contributed by atoms with Crippen molar-refractivity contribution in [1.82, 2.24) is 4.31 Å². The summed E-state index contributed by atoms with van der Waals surface area (Å²) in [7, 11) is -3.49. The molecule has 4 nitrogen and oxygen atoms in total. The third-order valence-corrected chi connectivity index (χ3v) is 6.04. The van der Waals surface area contributed by atoms with Gasteiger partial charge in [0.05, 0.1) is 6.61 Å². The molecule has 0 aliphatic carbocycles. The zero-order chi connectivity index (χ0) is 16.2. The van der Waals surface area contributed by atoms with Crippen molar-refractivity contribution in [2.24, 2.45) is 0 Å². The van der Waals surface area contributed by atoms with E-state index in [1.54, 1.807) is 16.4 Å². The van der Waals surface area contributed by atoms with Gasteiger partial charge in [-0.3, -0.25) is 0 Å². The van der Waals surface area contributed by atoms with Gasteiger partial charge >= 0.3 is 0 Å². The van der Waals surface area contributed by atoms with E-state index < -0.39 is 10.0 Å². The predicted octanol–water partition coefficient (Wildman–Crippen LogP) is 3.77. The smallest absolute Gasteiger partial charge is 0.246 e. The van der Waals surface area contributed by atoms with Crippen molar-refractivity contribution in [3.05, 3.63) is 23.8 Å². The fraction of sp³-hybridized carbons (Fsp3) is 0.647. The maximum Gasteiger partial charge on any atom is 0.246 e. The summed E-state index contributed by atoms with van der Waals surface area (Å²) >= 11 is 0. The number of benzene rings is 1. The Morgan fingerprint density at radius 2 is 1.77 bits per heavy atom. The van der Waals surface area contributed by atoms with E-state index in [-0.39, 0.29) is 5.92 Å². The van der Waals surface area contributed by atoms with E-state index in [0.29, 0.717) is 30.3 Å². The first-order chi connectivity index (χ1) is 10.5. The van der Waals surface area contributed by atoms with Crippen LogP contribution in [-0.2, 0) is 10.0 Å². The molecule has 2 rings (SSSR count). The number of hydrogen-bond donors (Lipinski definition) is 0. The van der Waals surface area contributed by atoms with Gasteiger partial charge in [0.25, 0.3) is 0 Å². The highest BCUT2D eigenvalue weighted by molar-refractivity contribution is 7.89. The average Bonchev–Trinajstić information content (AvgIpc) is 2.77. The Bertz CT molecular complexity index is 588. The van der Waals surface area contributed by atoms with Crippen LogP contribution in [0.5, 0.6) is 5.75 Å². The van der Waals surface area contributed by atoms with Gasteiger partial charge in [-0.1, -0.05) is 32.8 Å². The van der Waals surface area contributed by atoms with Crippen LogP contribution in [0.15, 0.2) is 23.1 Å². The van der Waals surface area contributed by atoms with Crippen molar-refractivity contribution in [2.75, 3.05) is 19.7 Å². The summed E-state index contributed by atoms with van der Waals surface area (Å²) in [6, 6.07) is 5.54. The van der Waals surface area contributed by atoms with E-state index in [1.807, 2.05) is 13.0 Å². The molecule has 1 heterocycles. The SMILES string of the molecule is CCOc1ccc(C(C)C)cc1S(=O)(=O)N1CCCCCC1. The molecule has 1 saturated heterocycles. The number of rotatable bonds is 5. The van der Waals surface area contributed by atoms with E-state index in [2.05, 4.69) is 13.8 Å². The maximum absolute atomic E-state index is 13.1. The number of nitrogens with zero attached hydrogens (tertiary/aromatic N) is 1. The molecule has 22 heavy (non-hydrogen) atoms. The highest BCUT2D eigenvalue weighted by Crippen LogP contribution is 2.31. The molecule has 0 bridgehead atoms.